The van der Waals surface area contributed by atoms with Crippen LogP contribution in [0.2, 0.25) is 0 Å². The summed E-state index contributed by atoms with van der Waals surface area (Å²) in [7, 11) is 0. The number of piperidine rings is 1. The van der Waals surface area contributed by atoms with E-state index < -0.39 is 0 Å². The van der Waals surface area contributed by atoms with Crippen LogP contribution in [0.4, 0.5) is 11.8 Å². The Labute approximate surface area is 152 Å². The van der Waals surface area contributed by atoms with Crippen LogP contribution in [0.5, 0.6) is 0 Å². The number of nitrogen functional groups attached to an aromatic ring is 1. The number of ether oxygens (including phenoxy) is 1. The molecule has 0 radical (unpaired) electrons. The zero-order chi connectivity index (χ0) is 17.9. The van der Waals surface area contributed by atoms with Gasteiger partial charge in [-0.1, -0.05) is 0 Å². The smallest absolute Gasteiger partial charge is 0.224 e. The molecule has 9 heteroatoms. The highest BCUT2D eigenvalue weighted by atomic mass is 16.5. The monoisotopic (exact) mass is 361 g/mol. The molecule has 4 N–H and O–H groups in total. The summed E-state index contributed by atoms with van der Waals surface area (Å²) in [5.74, 6) is 1.60. The largest absolute Gasteiger partial charge is 0.396 e. The van der Waals surface area contributed by atoms with E-state index >= 15 is 0 Å². The third kappa shape index (κ3) is 3.46. The molecule has 2 aromatic heterocycles. The molecule has 0 spiro atoms. The van der Waals surface area contributed by atoms with Gasteiger partial charge in [0.1, 0.15) is 5.82 Å². The number of nitrogens with one attached hydrogen (secondary N) is 1. The highest BCUT2D eigenvalue weighted by molar-refractivity contribution is 5.87. The highest BCUT2D eigenvalue weighted by Crippen LogP contribution is 2.32. The van der Waals surface area contributed by atoms with Gasteiger partial charge in [-0.2, -0.15) is 15.1 Å². The lowest BCUT2D eigenvalue weighted by Crippen LogP contribution is -2.54. The molecule has 0 aromatic carbocycles. The van der Waals surface area contributed by atoms with Crippen molar-refractivity contribution in [3.05, 3.63) is 6.20 Å². The molecule has 0 amide bonds. The molecule has 0 saturated carbocycles. The summed E-state index contributed by atoms with van der Waals surface area (Å²) in [4.78, 5) is 13.6. The Morgan fingerprint density at radius 2 is 2.12 bits per heavy atom. The number of rotatable bonds is 5. The van der Waals surface area contributed by atoms with Crippen molar-refractivity contribution in [2.75, 3.05) is 56.6 Å². The van der Waals surface area contributed by atoms with E-state index in [4.69, 9.17) is 10.5 Å². The van der Waals surface area contributed by atoms with Gasteiger partial charge in [-0.15, -0.1) is 0 Å². The topological polar surface area (TPSA) is 116 Å². The van der Waals surface area contributed by atoms with Crippen LogP contribution in [-0.4, -0.2) is 82.2 Å². The van der Waals surface area contributed by atoms with E-state index in [1.165, 1.54) is 0 Å². The van der Waals surface area contributed by atoms with Gasteiger partial charge in [-0.3, -0.25) is 10.00 Å². The van der Waals surface area contributed by atoms with E-state index in [1.54, 1.807) is 6.20 Å². The Morgan fingerprint density at radius 3 is 2.92 bits per heavy atom. The quantitative estimate of drug-likeness (QED) is 0.693. The Morgan fingerprint density at radius 1 is 1.27 bits per heavy atom. The van der Waals surface area contributed by atoms with Gasteiger partial charge in [0.2, 0.25) is 5.95 Å². The molecule has 0 bridgehead atoms. The van der Waals surface area contributed by atoms with Gasteiger partial charge in [0.25, 0.3) is 0 Å². The first-order chi connectivity index (χ1) is 12.8. The molecule has 0 unspecified atom stereocenters. The molecule has 2 saturated heterocycles. The van der Waals surface area contributed by atoms with Crippen molar-refractivity contribution in [3.8, 4) is 0 Å². The first-order valence-corrected chi connectivity index (χ1v) is 9.40. The molecule has 0 aliphatic carbocycles. The molecular formula is C17H27N7O2. The first kappa shape index (κ1) is 17.4. The number of H-pyrrole nitrogens is 1. The van der Waals surface area contributed by atoms with Crippen LogP contribution in [0.3, 0.4) is 0 Å². The van der Waals surface area contributed by atoms with Crippen molar-refractivity contribution in [2.45, 2.75) is 25.3 Å². The molecule has 4 heterocycles. The highest BCUT2D eigenvalue weighted by Gasteiger charge is 2.34. The van der Waals surface area contributed by atoms with Crippen molar-refractivity contribution in [1.29, 1.82) is 0 Å². The molecule has 26 heavy (non-hydrogen) atoms. The van der Waals surface area contributed by atoms with E-state index in [9.17, 15) is 5.11 Å². The molecule has 2 aliphatic rings. The van der Waals surface area contributed by atoms with Crippen molar-refractivity contribution >= 4 is 22.8 Å². The molecule has 2 aliphatic heterocycles. The van der Waals surface area contributed by atoms with Crippen LogP contribution in [0.1, 0.15) is 19.3 Å². The van der Waals surface area contributed by atoms with Crippen LogP contribution in [0.25, 0.3) is 11.0 Å². The predicted octanol–water partition coefficient (Wildman–Crippen LogP) is 0.235. The maximum absolute atomic E-state index is 9.33. The summed E-state index contributed by atoms with van der Waals surface area (Å²) in [6, 6.07) is 0.528. The van der Waals surface area contributed by atoms with Crippen LogP contribution >= 0.6 is 0 Å². The number of nitrogens with zero attached hydrogens (tertiary/aromatic N) is 5. The van der Waals surface area contributed by atoms with Crippen molar-refractivity contribution < 1.29 is 9.84 Å². The summed E-state index contributed by atoms with van der Waals surface area (Å²) in [5, 5.41) is 17.2. The minimum atomic E-state index is 0.235. The van der Waals surface area contributed by atoms with Gasteiger partial charge < -0.3 is 20.5 Å². The maximum Gasteiger partial charge on any atom is 0.224 e. The molecule has 142 valence electrons. The second kappa shape index (κ2) is 7.73. The van der Waals surface area contributed by atoms with E-state index in [0.717, 1.165) is 69.9 Å². The predicted molar refractivity (Wildman–Crippen MR) is 98.9 cm³/mol. The summed E-state index contributed by atoms with van der Waals surface area (Å²) in [6.45, 7) is 5.67. The number of aromatic nitrogens is 4. The average molecular weight is 361 g/mol. The van der Waals surface area contributed by atoms with Gasteiger partial charge in [-0.25, -0.2) is 0 Å². The van der Waals surface area contributed by atoms with Crippen molar-refractivity contribution in [2.24, 2.45) is 5.92 Å². The fraction of sp³-hybridized carbons (Fsp3) is 0.706. The standard InChI is InChI=1S/C17H27N7O2/c18-17-20-15-13(10-19-22-15)16(21-17)24-4-3-14(12(11-24)2-1-7-25)23-5-8-26-9-6-23/h10,12,14,25H,1-9,11H2,(H3,18,19,20,21,22)/t12-,14+/m1/s1. The number of aliphatic hydroxyl groups is 1. The maximum atomic E-state index is 9.33. The Bertz CT molecular complexity index is 731. The van der Waals surface area contributed by atoms with Gasteiger partial charge in [0.05, 0.1) is 24.8 Å². The molecule has 2 atom stereocenters. The van der Waals surface area contributed by atoms with Crippen LogP contribution in [0, 0.1) is 5.92 Å². The molecule has 2 aromatic rings. The summed E-state index contributed by atoms with van der Waals surface area (Å²) < 4.78 is 5.52. The Kier molecular flexibility index (Phi) is 5.18. The SMILES string of the molecule is Nc1nc(N2CC[C@H](N3CCOCC3)[C@H](CCCO)C2)c2cn[nH]c2n1. The van der Waals surface area contributed by atoms with Crippen LogP contribution in [0.15, 0.2) is 6.20 Å². The lowest BCUT2D eigenvalue weighted by Gasteiger charge is -2.45. The first-order valence-electron chi connectivity index (χ1n) is 9.40. The van der Waals surface area contributed by atoms with E-state index in [1.807, 2.05) is 0 Å². The van der Waals surface area contributed by atoms with Gasteiger partial charge in [-0.05, 0) is 25.2 Å². The Hall–Kier alpha value is -1.97. The Balaban J connectivity index is 1.56. The lowest BCUT2D eigenvalue weighted by molar-refractivity contribution is -0.00413. The van der Waals surface area contributed by atoms with E-state index in [2.05, 4.69) is 30.0 Å². The number of nitrogens with two attached hydrogens (primary N) is 1. The summed E-state index contributed by atoms with van der Waals surface area (Å²) in [5.41, 5.74) is 6.57. The van der Waals surface area contributed by atoms with Gasteiger partial charge in [0, 0.05) is 38.8 Å². The molecular weight excluding hydrogens is 334 g/mol. The van der Waals surface area contributed by atoms with E-state index in [0.29, 0.717) is 17.6 Å². The zero-order valence-corrected chi connectivity index (χ0v) is 15.0. The zero-order valence-electron chi connectivity index (χ0n) is 15.0. The number of anilines is 2. The van der Waals surface area contributed by atoms with Gasteiger partial charge in [0.15, 0.2) is 5.65 Å². The molecule has 4 rings (SSSR count). The summed E-state index contributed by atoms with van der Waals surface area (Å²) in [6.07, 6.45) is 4.66. The van der Waals surface area contributed by atoms with E-state index in [-0.39, 0.29) is 12.6 Å². The average Bonchev–Trinajstić information content (AvgIpc) is 3.14. The minimum Gasteiger partial charge on any atom is -0.396 e. The number of fused-ring (bicyclic) bond motifs is 1. The third-order valence-electron chi connectivity index (χ3n) is 5.55. The van der Waals surface area contributed by atoms with Crippen LogP contribution in [-0.2, 0) is 4.74 Å². The number of hydrogen-bond donors (Lipinski definition) is 3. The summed E-state index contributed by atoms with van der Waals surface area (Å²) >= 11 is 0. The minimum absolute atomic E-state index is 0.235. The molecule has 2 fully saturated rings. The second-order valence-corrected chi connectivity index (χ2v) is 7.11. The fourth-order valence-corrected chi connectivity index (χ4v) is 4.32. The number of aliphatic hydroxyl groups excluding tert-OH is 1. The number of morpholine rings is 1. The van der Waals surface area contributed by atoms with Gasteiger partial charge >= 0.3 is 0 Å². The number of aromatic amines is 1. The lowest BCUT2D eigenvalue weighted by atomic mass is 9.86. The normalized spacial score (nSPS) is 25.0. The van der Waals surface area contributed by atoms with Crippen molar-refractivity contribution in [3.63, 3.8) is 0 Å². The van der Waals surface area contributed by atoms with Crippen LogP contribution < -0.4 is 10.6 Å². The van der Waals surface area contributed by atoms with Crippen molar-refractivity contribution in [1.82, 2.24) is 25.1 Å². The third-order valence-corrected chi connectivity index (χ3v) is 5.55. The fourth-order valence-electron chi connectivity index (χ4n) is 4.32. The number of hydrogen-bond acceptors (Lipinski definition) is 8. The second-order valence-electron chi connectivity index (χ2n) is 7.11. The molecule has 9 nitrogen and oxygen atoms in total.